The monoisotopic (exact) mass is 295 g/mol. The molecule has 1 aliphatic rings. The van der Waals surface area contributed by atoms with Gasteiger partial charge in [0.05, 0.1) is 0 Å². The summed E-state index contributed by atoms with van der Waals surface area (Å²) in [6, 6.07) is 12.4. The molecule has 2 aromatic rings. The number of aromatic nitrogens is 1. The Hall–Kier alpha value is -2.20. The molecule has 1 amide bonds. The number of hydrogen-bond acceptors (Lipinski definition) is 3. The summed E-state index contributed by atoms with van der Waals surface area (Å²) in [4.78, 5) is 18.4. The summed E-state index contributed by atoms with van der Waals surface area (Å²) in [5, 5.41) is 3.32. The molecule has 4 heteroatoms. The molecule has 1 aliphatic heterocycles. The normalized spacial score (nSPS) is 16.6. The van der Waals surface area contributed by atoms with Crippen LogP contribution in [0.2, 0.25) is 0 Å². The average molecular weight is 295 g/mol. The molecule has 22 heavy (non-hydrogen) atoms. The second-order valence-electron chi connectivity index (χ2n) is 5.73. The highest BCUT2D eigenvalue weighted by Gasteiger charge is 2.29. The third kappa shape index (κ3) is 3.17. The smallest absolute Gasteiger partial charge is 0.228 e. The summed E-state index contributed by atoms with van der Waals surface area (Å²) in [7, 11) is 0. The van der Waals surface area contributed by atoms with Gasteiger partial charge in [-0.05, 0) is 42.7 Å². The quantitative estimate of drug-likeness (QED) is 0.862. The number of amides is 1. The van der Waals surface area contributed by atoms with Crippen molar-refractivity contribution in [2.24, 2.45) is 0 Å². The van der Waals surface area contributed by atoms with Gasteiger partial charge in [-0.25, -0.2) is 0 Å². The molecule has 0 aliphatic carbocycles. The highest BCUT2D eigenvalue weighted by Crippen LogP contribution is 2.32. The topological polar surface area (TPSA) is 45.2 Å². The number of nitrogens with one attached hydrogen (secondary N) is 1. The van der Waals surface area contributed by atoms with Crippen LogP contribution in [0.4, 0.5) is 5.69 Å². The third-order valence-electron chi connectivity index (χ3n) is 4.07. The van der Waals surface area contributed by atoms with E-state index in [0.717, 1.165) is 18.7 Å². The SMILES string of the molecule is CC1Cc2ccccc2N1C(=O)CCNCc1ccncc1. The first kappa shape index (κ1) is 14.7. The van der Waals surface area contributed by atoms with E-state index in [2.05, 4.69) is 23.3 Å². The van der Waals surface area contributed by atoms with Crippen LogP contribution >= 0.6 is 0 Å². The van der Waals surface area contributed by atoms with Gasteiger partial charge in [0.2, 0.25) is 5.91 Å². The number of carbonyl (C=O) groups is 1. The summed E-state index contributed by atoms with van der Waals surface area (Å²) in [5.41, 5.74) is 3.53. The maximum absolute atomic E-state index is 12.5. The van der Waals surface area contributed by atoms with Crippen LogP contribution in [0.25, 0.3) is 0 Å². The molecule has 1 aromatic heterocycles. The lowest BCUT2D eigenvalue weighted by molar-refractivity contribution is -0.118. The number of pyridine rings is 1. The number of benzene rings is 1. The highest BCUT2D eigenvalue weighted by molar-refractivity contribution is 5.96. The van der Waals surface area contributed by atoms with Crippen LogP contribution in [0.1, 0.15) is 24.5 Å². The Kier molecular flexibility index (Phi) is 4.49. The van der Waals surface area contributed by atoms with Gasteiger partial charge in [-0.2, -0.15) is 0 Å². The van der Waals surface area contributed by atoms with Gasteiger partial charge in [0.15, 0.2) is 0 Å². The maximum atomic E-state index is 12.5. The lowest BCUT2D eigenvalue weighted by Gasteiger charge is -2.22. The molecular weight excluding hydrogens is 274 g/mol. The minimum absolute atomic E-state index is 0.194. The molecule has 0 radical (unpaired) electrons. The fourth-order valence-corrected chi connectivity index (χ4v) is 2.99. The van der Waals surface area contributed by atoms with Crippen LogP contribution in [0, 0.1) is 0 Å². The van der Waals surface area contributed by atoms with E-state index in [9.17, 15) is 4.79 Å². The van der Waals surface area contributed by atoms with E-state index in [4.69, 9.17) is 0 Å². The van der Waals surface area contributed by atoms with E-state index in [1.807, 2.05) is 35.2 Å². The first-order valence-electron chi connectivity index (χ1n) is 7.75. The Balaban J connectivity index is 1.52. The molecule has 1 N–H and O–H groups in total. The summed E-state index contributed by atoms with van der Waals surface area (Å²) in [6.07, 6.45) is 5.03. The van der Waals surface area contributed by atoms with Crippen molar-refractivity contribution < 1.29 is 4.79 Å². The molecule has 0 saturated carbocycles. The second-order valence-corrected chi connectivity index (χ2v) is 5.73. The number of carbonyl (C=O) groups excluding carboxylic acids is 1. The van der Waals surface area contributed by atoms with E-state index in [1.54, 1.807) is 12.4 Å². The van der Waals surface area contributed by atoms with Crippen molar-refractivity contribution in [1.29, 1.82) is 0 Å². The van der Waals surface area contributed by atoms with E-state index in [0.29, 0.717) is 13.0 Å². The predicted octanol–water partition coefficient (Wildman–Crippen LogP) is 2.54. The van der Waals surface area contributed by atoms with Gasteiger partial charge in [0.25, 0.3) is 0 Å². The Labute approximate surface area is 131 Å². The van der Waals surface area contributed by atoms with E-state index in [-0.39, 0.29) is 11.9 Å². The lowest BCUT2D eigenvalue weighted by Crippen LogP contribution is -2.37. The Morgan fingerprint density at radius 3 is 2.86 bits per heavy atom. The van der Waals surface area contributed by atoms with Gasteiger partial charge in [-0.15, -0.1) is 0 Å². The third-order valence-corrected chi connectivity index (χ3v) is 4.07. The van der Waals surface area contributed by atoms with Crippen LogP contribution in [0.15, 0.2) is 48.8 Å². The molecule has 1 aromatic carbocycles. The molecule has 114 valence electrons. The van der Waals surface area contributed by atoms with Gasteiger partial charge in [0, 0.05) is 43.6 Å². The van der Waals surface area contributed by atoms with Crippen LogP contribution in [0.3, 0.4) is 0 Å². The minimum atomic E-state index is 0.194. The fraction of sp³-hybridized carbons (Fsp3) is 0.333. The highest BCUT2D eigenvalue weighted by atomic mass is 16.2. The van der Waals surface area contributed by atoms with Crippen molar-refractivity contribution in [2.45, 2.75) is 32.4 Å². The molecule has 0 saturated heterocycles. The fourth-order valence-electron chi connectivity index (χ4n) is 2.99. The first-order chi connectivity index (χ1) is 10.8. The van der Waals surface area contributed by atoms with Crippen LogP contribution in [0.5, 0.6) is 0 Å². The van der Waals surface area contributed by atoms with Crippen molar-refractivity contribution in [3.63, 3.8) is 0 Å². The Morgan fingerprint density at radius 2 is 2.05 bits per heavy atom. The largest absolute Gasteiger partial charge is 0.312 e. The molecule has 1 unspecified atom stereocenters. The number of rotatable bonds is 5. The Morgan fingerprint density at radius 1 is 1.27 bits per heavy atom. The lowest BCUT2D eigenvalue weighted by atomic mass is 10.1. The van der Waals surface area contributed by atoms with E-state index in [1.165, 1.54) is 11.1 Å². The minimum Gasteiger partial charge on any atom is -0.312 e. The summed E-state index contributed by atoms with van der Waals surface area (Å²) < 4.78 is 0. The van der Waals surface area contributed by atoms with Gasteiger partial charge < -0.3 is 10.2 Å². The number of nitrogens with zero attached hydrogens (tertiary/aromatic N) is 2. The van der Waals surface area contributed by atoms with E-state index < -0.39 is 0 Å². The van der Waals surface area contributed by atoms with Gasteiger partial charge in [0.1, 0.15) is 0 Å². The molecule has 0 spiro atoms. The first-order valence-corrected chi connectivity index (χ1v) is 7.75. The molecule has 1 atom stereocenters. The zero-order chi connectivity index (χ0) is 15.4. The van der Waals surface area contributed by atoms with Gasteiger partial charge in [-0.1, -0.05) is 18.2 Å². The number of fused-ring (bicyclic) bond motifs is 1. The summed E-state index contributed by atoms with van der Waals surface area (Å²) in [6.45, 7) is 3.57. The predicted molar refractivity (Wildman–Crippen MR) is 87.7 cm³/mol. The van der Waals surface area contributed by atoms with Gasteiger partial charge in [-0.3, -0.25) is 9.78 Å². The van der Waals surface area contributed by atoms with Crippen molar-refractivity contribution in [3.05, 3.63) is 59.9 Å². The molecule has 0 bridgehead atoms. The molecule has 2 heterocycles. The van der Waals surface area contributed by atoms with Crippen molar-refractivity contribution in [1.82, 2.24) is 10.3 Å². The second kappa shape index (κ2) is 6.71. The van der Waals surface area contributed by atoms with Crippen LogP contribution in [-0.2, 0) is 17.8 Å². The molecule has 0 fully saturated rings. The average Bonchev–Trinajstić information content (AvgIpc) is 2.88. The number of anilines is 1. The molecule has 4 nitrogen and oxygen atoms in total. The van der Waals surface area contributed by atoms with Gasteiger partial charge >= 0.3 is 0 Å². The summed E-state index contributed by atoms with van der Waals surface area (Å²) in [5.74, 6) is 0.194. The maximum Gasteiger partial charge on any atom is 0.228 e. The standard InChI is InChI=1S/C18H21N3O/c1-14-12-16-4-2-3-5-17(16)21(14)18(22)8-11-20-13-15-6-9-19-10-7-15/h2-7,9-10,14,20H,8,11-13H2,1H3. The zero-order valence-electron chi connectivity index (χ0n) is 12.8. The van der Waals surface area contributed by atoms with Crippen molar-refractivity contribution in [2.75, 3.05) is 11.4 Å². The number of para-hydroxylation sites is 1. The zero-order valence-corrected chi connectivity index (χ0v) is 12.8. The Bertz CT molecular complexity index is 642. The van der Waals surface area contributed by atoms with Crippen LogP contribution < -0.4 is 10.2 Å². The van der Waals surface area contributed by atoms with Crippen LogP contribution in [-0.4, -0.2) is 23.5 Å². The number of hydrogen-bond donors (Lipinski definition) is 1. The molecule has 3 rings (SSSR count). The van der Waals surface area contributed by atoms with E-state index >= 15 is 0 Å². The molecular formula is C18H21N3O. The van der Waals surface area contributed by atoms with Crippen molar-refractivity contribution in [3.8, 4) is 0 Å². The van der Waals surface area contributed by atoms with Crippen molar-refractivity contribution >= 4 is 11.6 Å². The summed E-state index contributed by atoms with van der Waals surface area (Å²) >= 11 is 0.